The second kappa shape index (κ2) is 4.80. The van der Waals surface area contributed by atoms with Crippen LogP contribution in [0.5, 0.6) is 0 Å². The maximum Gasteiger partial charge on any atom is 0.229 e. The quantitative estimate of drug-likeness (QED) is 0.901. The number of nitrogens with zero attached hydrogens (tertiary/aromatic N) is 1. The van der Waals surface area contributed by atoms with Crippen molar-refractivity contribution in [2.45, 2.75) is 63.2 Å². The van der Waals surface area contributed by atoms with E-state index < -0.39 is 0 Å². The molecule has 4 bridgehead atoms. The van der Waals surface area contributed by atoms with Gasteiger partial charge in [-0.3, -0.25) is 4.79 Å². The van der Waals surface area contributed by atoms with Crippen LogP contribution < -0.4 is 5.32 Å². The first-order valence-electron chi connectivity index (χ1n) is 8.97. The number of hydrogen-bond acceptors (Lipinski definition) is 3. The summed E-state index contributed by atoms with van der Waals surface area (Å²) in [5, 5.41) is 6.14. The molecule has 0 aliphatic heterocycles. The average Bonchev–Trinajstić information content (AvgIpc) is 2.84. The molecule has 3 nitrogen and oxygen atoms in total. The minimum Gasteiger partial charge on any atom is -0.302 e. The van der Waals surface area contributed by atoms with Gasteiger partial charge in [0.05, 0.1) is 5.69 Å². The number of nitrogens with one attached hydrogen (secondary N) is 1. The van der Waals surface area contributed by atoms with Gasteiger partial charge >= 0.3 is 0 Å². The zero-order valence-electron chi connectivity index (χ0n) is 13.0. The lowest BCUT2D eigenvalue weighted by Crippen LogP contribution is -2.48. The van der Waals surface area contributed by atoms with E-state index in [1.54, 1.807) is 11.3 Å². The van der Waals surface area contributed by atoms with E-state index in [1.807, 2.05) is 0 Å². The highest BCUT2D eigenvalue weighted by molar-refractivity contribution is 7.13. The van der Waals surface area contributed by atoms with E-state index in [2.05, 4.69) is 10.7 Å². The third-order valence-corrected chi connectivity index (χ3v) is 7.55. The number of carbonyl (C=O) groups is 1. The molecule has 1 aromatic rings. The SMILES string of the molecule is O=C(Nc1nc(C23CC4CC(CC(C4)C2)C3)cs1)C1CCC1. The van der Waals surface area contributed by atoms with Crippen LogP contribution in [0.4, 0.5) is 5.13 Å². The molecule has 0 radical (unpaired) electrons. The fourth-order valence-electron chi connectivity index (χ4n) is 5.88. The number of aromatic nitrogens is 1. The van der Waals surface area contributed by atoms with Crippen molar-refractivity contribution >= 4 is 22.4 Å². The molecular weight excluding hydrogens is 292 g/mol. The predicted molar refractivity (Wildman–Crippen MR) is 87.9 cm³/mol. The maximum atomic E-state index is 12.1. The molecule has 0 atom stereocenters. The highest BCUT2D eigenvalue weighted by Crippen LogP contribution is 2.60. The van der Waals surface area contributed by atoms with E-state index in [-0.39, 0.29) is 11.8 Å². The van der Waals surface area contributed by atoms with Gasteiger partial charge in [0.25, 0.3) is 0 Å². The number of carbonyl (C=O) groups excluding carboxylic acids is 1. The molecule has 0 unspecified atom stereocenters. The Morgan fingerprint density at radius 2 is 1.77 bits per heavy atom. The van der Waals surface area contributed by atoms with Gasteiger partial charge < -0.3 is 5.32 Å². The molecule has 4 heteroatoms. The molecule has 0 aromatic carbocycles. The monoisotopic (exact) mass is 316 g/mol. The molecule has 0 saturated heterocycles. The third-order valence-electron chi connectivity index (χ3n) is 6.79. The number of thiazole rings is 1. The van der Waals surface area contributed by atoms with Crippen molar-refractivity contribution in [3.63, 3.8) is 0 Å². The molecule has 1 N–H and O–H groups in total. The van der Waals surface area contributed by atoms with Gasteiger partial charge in [0, 0.05) is 16.7 Å². The molecule has 5 saturated carbocycles. The summed E-state index contributed by atoms with van der Waals surface area (Å²) in [6, 6.07) is 0. The van der Waals surface area contributed by atoms with Crippen LogP contribution in [0, 0.1) is 23.7 Å². The smallest absolute Gasteiger partial charge is 0.229 e. The van der Waals surface area contributed by atoms with E-state index >= 15 is 0 Å². The summed E-state index contributed by atoms with van der Waals surface area (Å²) in [7, 11) is 0. The molecule has 0 spiro atoms. The van der Waals surface area contributed by atoms with Crippen LogP contribution in [0.15, 0.2) is 5.38 Å². The molecule has 1 aromatic heterocycles. The topological polar surface area (TPSA) is 42.0 Å². The summed E-state index contributed by atoms with van der Waals surface area (Å²) < 4.78 is 0. The highest BCUT2D eigenvalue weighted by Gasteiger charge is 2.52. The lowest BCUT2D eigenvalue weighted by molar-refractivity contribution is -0.122. The van der Waals surface area contributed by atoms with Crippen molar-refractivity contribution in [1.82, 2.24) is 4.98 Å². The van der Waals surface area contributed by atoms with E-state index in [9.17, 15) is 4.79 Å². The average molecular weight is 316 g/mol. The molecule has 1 heterocycles. The molecular formula is C18H24N2OS. The van der Waals surface area contributed by atoms with Crippen molar-refractivity contribution in [3.05, 3.63) is 11.1 Å². The van der Waals surface area contributed by atoms with Gasteiger partial charge in [-0.2, -0.15) is 0 Å². The first-order chi connectivity index (χ1) is 10.7. The second-order valence-electron chi connectivity index (χ2n) is 8.35. The Kier molecular flexibility index (Phi) is 2.95. The van der Waals surface area contributed by atoms with E-state index in [1.165, 1.54) is 50.6 Å². The largest absolute Gasteiger partial charge is 0.302 e. The van der Waals surface area contributed by atoms with Crippen molar-refractivity contribution in [1.29, 1.82) is 0 Å². The number of rotatable bonds is 3. The summed E-state index contributed by atoms with van der Waals surface area (Å²) >= 11 is 1.64. The van der Waals surface area contributed by atoms with Crippen LogP contribution in [0.2, 0.25) is 0 Å². The maximum absolute atomic E-state index is 12.1. The summed E-state index contributed by atoms with van der Waals surface area (Å²) in [4.78, 5) is 17.0. The van der Waals surface area contributed by atoms with Crippen molar-refractivity contribution < 1.29 is 4.79 Å². The van der Waals surface area contributed by atoms with Crippen LogP contribution in [0.3, 0.4) is 0 Å². The molecule has 118 valence electrons. The first kappa shape index (κ1) is 13.5. The summed E-state index contributed by atoms with van der Waals surface area (Å²) in [6.07, 6.45) is 11.8. The second-order valence-corrected chi connectivity index (χ2v) is 9.21. The summed E-state index contributed by atoms with van der Waals surface area (Å²) in [6.45, 7) is 0. The Hall–Kier alpha value is -0.900. The summed E-state index contributed by atoms with van der Waals surface area (Å²) in [5.41, 5.74) is 1.64. The van der Waals surface area contributed by atoms with Gasteiger partial charge in [-0.15, -0.1) is 11.3 Å². The Morgan fingerprint density at radius 1 is 1.14 bits per heavy atom. The van der Waals surface area contributed by atoms with Crippen molar-refractivity contribution in [3.8, 4) is 0 Å². The standard InChI is InChI=1S/C18H24N2OS/c21-16(14-2-1-3-14)20-17-19-15(10-22-17)18-7-11-4-12(8-18)6-13(5-11)9-18/h10-14H,1-9H2,(H,19,20,21). The molecule has 5 aliphatic rings. The predicted octanol–water partition coefficient (Wildman–Crippen LogP) is 4.35. The molecule has 6 rings (SSSR count). The van der Waals surface area contributed by atoms with Crippen molar-refractivity contribution in [2.75, 3.05) is 5.32 Å². The minimum atomic E-state index is 0.192. The van der Waals surface area contributed by atoms with E-state index in [4.69, 9.17) is 4.98 Å². The lowest BCUT2D eigenvalue weighted by atomic mass is 9.49. The Morgan fingerprint density at radius 3 is 2.32 bits per heavy atom. The van der Waals surface area contributed by atoms with Gasteiger partial charge in [-0.1, -0.05) is 6.42 Å². The van der Waals surface area contributed by atoms with Crippen LogP contribution in [-0.4, -0.2) is 10.9 Å². The zero-order chi connectivity index (χ0) is 14.7. The van der Waals surface area contributed by atoms with E-state index in [0.717, 1.165) is 35.7 Å². The number of anilines is 1. The van der Waals surface area contributed by atoms with Gasteiger partial charge in [0.15, 0.2) is 5.13 Å². The van der Waals surface area contributed by atoms with E-state index in [0.29, 0.717) is 5.41 Å². The highest BCUT2D eigenvalue weighted by atomic mass is 32.1. The first-order valence-corrected chi connectivity index (χ1v) is 9.85. The fraction of sp³-hybridized carbons (Fsp3) is 0.778. The van der Waals surface area contributed by atoms with Gasteiger partial charge in [-0.25, -0.2) is 4.98 Å². The van der Waals surface area contributed by atoms with Gasteiger partial charge in [0.1, 0.15) is 0 Å². The van der Waals surface area contributed by atoms with Crippen LogP contribution >= 0.6 is 11.3 Å². The summed E-state index contributed by atoms with van der Waals surface area (Å²) in [5.74, 6) is 3.27. The number of amides is 1. The number of hydrogen-bond donors (Lipinski definition) is 1. The lowest BCUT2D eigenvalue weighted by Gasteiger charge is -2.56. The Labute approximate surface area is 135 Å². The van der Waals surface area contributed by atoms with Gasteiger partial charge in [-0.05, 0) is 69.1 Å². The third kappa shape index (κ3) is 2.06. The van der Waals surface area contributed by atoms with Crippen LogP contribution in [-0.2, 0) is 10.2 Å². The fourth-order valence-corrected chi connectivity index (χ4v) is 6.71. The zero-order valence-corrected chi connectivity index (χ0v) is 13.8. The van der Waals surface area contributed by atoms with Crippen molar-refractivity contribution in [2.24, 2.45) is 23.7 Å². The Bertz CT molecular complexity index is 569. The Balaban J connectivity index is 1.36. The van der Waals surface area contributed by atoms with Gasteiger partial charge in [0.2, 0.25) is 5.91 Å². The van der Waals surface area contributed by atoms with Crippen LogP contribution in [0.1, 0.15) is 63.5 Å². The van der Waals surface area contributed by atoms with Crippen LogP contribution in [0.25, 0.3) is 0 Å². The molecule has 1 amide bonds. The molecule has 22 heavy (non-hydrogen) atoms. The normalized spacial score (nSPS) is 39.7. The molecule has 5 fully saturated rings. The molecule has 5 aliphatic carbocycles. The minimum absolute atomic E-state index is 0.192.